The van der Waals surface area contributed by atoms with E-state index in [1.807, 2.05) is 61.7 Å². The van der Waals surface area contributed by atoms with Crippen LogP contribution in [0.25, 0.3) is 55.4 Å². The van der Waals surface area contributed by atoms with Crippen LogP contribution in [0.5, 0.6) is 0 Å². The number of aromatic nitrogens is 5. The van der Waals surface area contributed by atoms with Gasteiger partial charge in [0.2, 0.25) is 5.91 Å². The summed E-state index contributed by atoms with van der Waals surface area (Å²) < 4.78 is 0. The first-order chi connectivity index (χ1) is 18.0. The summed E-state index contributed by atoms with van der Waals surface area (Å²) in [6.45, 7) is 0.307. The molecule has 0 unspecified atom stereocenters. The highest BCUT2D eigenvalue weighted by Crippen LogP contribution is 2.35. The molecule has 0 saturated carbocycles. The highest BCUT2D eigenvalue weighted by molar-refractivity contribution is 6.02. The van der Waals surface area contributed by atoms with E-state index in [0.717, 1.165) is 55.4 Å². The number of hydrogen-bond acceptors (Lipinski definition) is 5. The molecule has 4 heterocycles. The zero-order valence-corrected chi connectivity index (χ0v) is 20.5. The fourth-order valence-electron chi connectivity index (χ4n) is 4.62. The molecule has 2 aromatic carbocycles. The molecule has 1 amide bonds. The van der Waals surface area contributed by atoms with Crippen LogP contribution in [0.3, 0.4) is 0 Å². The van der Waals surface area contributed by atoms with Crippen molar-refractivity contribution in [2.45, 2.75) is 0 Å². The van der Waals surface area contributed by atoms with Gasteiger partial charge in [-0.25, -0.2) is 0 Å². The van der Waals surface area contributed by atoms with Gasteiger partial charge >= 0.3 is 0 Å². The van der Waals surface area contributed by atoms with Gasteiger partial charge in [-0.15, -0.1) is 0 Å². The molecule has 0 aliphatic heterocycles. The Morgan fingerprint density at radius 1 is 0.865 bits per heavy atom. The number of fused-ring (bicyclic) bond motifs is 2. The molecule has 0 bridgehead atoms. The molecule has 0 aliphatic carbocycles. The quantitative estimate of drug-likeness (QED) is 0.294. The highest BCUT2D eigenvalue weighted by atomic mass is 16.2. The molecule has 8 nitrogen and oxygen atoms in total. The number of carbonyl (C=O) groups is 1. The number of likely N-dealkylation sites (N-methyl/N-ethyl adjacent to an activating group) is 1. The van der Waals surface area contributed by atoms with Crippen molar-refractivity contribution in [2.24, 2.45) is 0 Å². The Kier molecular flexibility index (Phi) is 5.71. The summed E-state index contributed by atoms with van der Waals surface area (Å²) in [6, 6.07) is 20.5. The minimum atomic E-state index is -0.0820. The van der Waals surface area contributed by atoms with E-state index in [9.17, 15) is 4.79 Å². The van der Waals surface area contributed by atoms with E-state index in [4.69, 9.17) is 0 Å². The molecule has 0 saturated heterocycles. The number of rotatable bonds is 6. The summed E-state index contributed by atoms with van der Waals surface area (Å²) in [6.07, 6.45) is 7.07. The topological polar surface area (TPSA) is 103 Å². The van der Waals surface area contributed by atoms with Crippen LogP contribution >= 0.6 is 0 Å². The lowest BCUT2D eigenvalue weighted by Crippen LogP contribution is -2.27. The van der Waals surface area contributed by atoms with Gasteiger partial charge in [0.15, 0.2) is 0 Å². The maximum atomic E-state index is 12.2. The zero-order chi connectivity index (χ0) is 25.4. The van der Waals surface area contributed by atoms with E-state index >= 15 is 0 Å². The third-order valence-corrected chi connectivity index (χ3v) is 6.29. The maximum absolute atomic E-state index is 12.2. The second kappa shape index (κ2) is 9.33. The smallest absolute Gasteiger partial charge is 0.238 e. The maximum Gasteiger partial charge on any atom is 0.238 e. The summed E-state index contributed by atoms with van der Waals surface area (Å²) in [5, 5.41) is 12.8. The van der Waals surface area contributed by atoms with Crippen LogP contribution in [0.2, 0.25) is 0 Å². The Bertz CT molecular complexity index is 1730. The molecule has 0 atom stereocenters. The van der Waals surface area contributed by atoms with Crippen LogP contribution in [-0.4, -0.2) is 56.6 Å². The van der Waals surface area contributed by atoms with E-state index in [1.165, 1.54) is 0 Å². The summed E-state index contributed by atoms with van der Waals surface area (Å²) in [4.78, 5) is 26.1. The first kappa shape index (κ1) is 22.6. The molecule has 37 heavy (non-hydrogen) atoms. The first-order valence-electron chi connectivity index (χ1n) is 12.0. The number of aromatic amines is 2. The monoisotopic (exact) mass is 487 g/mol. The lowest BCUT2D eigenvalue weighted by molar-refractivity contribution is -0.116. The number of anilines is 1. The van der Waals surface area contributed by atoms with Crippen LogP contribution in [0, 0.1) is 0 Å². The SMILES string of the molecule is CN(C)CC(=O)Nc1cncc(-c2ccc3[nH]nc(-c4cc5c(-c6ccncc6)cccc5[nH]4)c3c2)c1. The third kappa shape index (κ3) is 4.46. The van der Waals surface area contributed by atoms with E-state index < -0.39 is 0 Å². The number of H-pyrrole nitrogens is 2. The van der Waals surface area contributed by atoms with Crippen molar-refractivity contribution in [3.8, 4) is 33.6 Å². The molecule has 182 valence electrons. The molecule has 4 aromatic heterocycles. The summed E-state index contributed by atoms with van der Waals surface area (Å²) in [5.41, 5.74) is 8.58. The molecule has 0 fully saturated rings. The van der Waals surface area contributed by atoms with Gasteiger partial charge in [0.25, 0.3) is 0 Å². The number of benzene rings is 2. The Balaban J connectivity index is 1.38. The van der Waals surface area contributed by atoms with Gasteiger partial charge < -0.3 is 15.2 Å². The van der Waals surface area contributed by atoms with Gasteiger partial charge in [0, 0.05) is 40.4 Å². The van der Waals surface area contributed by atoms with Gasteiger partial charge in [-0.1, -0.05) is 18.2 Å². The van der Waals surface area contributed by atoms with E-state index in [1.54, 1.807) is 12.4 Å². The van der Waals surface area contributed by atoms with Crippen LogP contribution in [0.1, 0.15) is 0 Å². The Labute approximate surface area is 213 Å². The molecule has 8 heteroatoms. The molecule has 0 aliphatic rings. The second-order valence-electron chi connectivity index (χ2n) is 9.27. The van der Waals surface area contributed by atoms with Crippen molar-refractivity contribution < 1.29 is 4.79 Å². The zero-order valence-electron chi connectivity index (χ0n) is 20.5. The van der Waals surface area contributed by atoms with Crippen molar-refractivity contribution in [3.05, 3.63) is 85.5 Å². The first-order valence-corrected chi connectivity index (χ1v) is 12.0. The Morgan fingerprint density at radius 2 is 1.73 bits per heavy atom. The Hall–Kier alpha value is -4.82. The molecular formula is C29H25N7O. The number of carbonyl (C=O) groups excluding carboxylic acids is 1. The number of amides is 1. The van der Waals surface area contributed by atoms with Crippen LogP contribution in [0.15, 0.2) is 85.5 Å². The van der Waals surface area contributed by atoms with Gasteiger partial charge in [-0.05, 0) is 73.3 Å². The average Bonchev–Trinajstić information content (AvgIpc) is 3.52. The lowest BCUT2D eigenvalue weighted by Gasteiger charge is -2.11. The third-order valence-electron chi connectivity index (χ3n) is 6.29. The van der Waals surface area contributed by atoms with E-state index in [2.05, 4.69) is 60.8 Å². The summed E-state index contributed by atoms with van der Waals surface area (Å²) >= 11 is 0. The number of hydrogen-bond donors (Lipinski definition) is 3. The molecule has 3 N–H and O–H groups in total. The minimum absolute atomic E-state index is 0.0820. The molecule has 0 radical (unpaired) electrons. The van der Waals surface area contributed by atoms with E-state index in [-0.39, 0.29) is 5.91 Å². The van der Waals surface area contributed by atoms with Crippen molar-refractivity contribution in [1.82, 2.24) is 30.0 Å². The van der Waals surface area contributed by atoms with Gasteiger partial charge in [-0.3, -0.25) is 19.9 Å². The second-order valence-corrected chi connectivity index (χ2v) is 9.27. The van der Waals surface area contributed by atoms with E-state index in [0.29, 0.717) is 12.2 Å². The van der Waals surface area contributed by atoms with Gasteiger partial charge in [0.05, 0.1) is 29.6 Å². The number of nitrogens with one attached hydrogen (secondary N) is 3. The van der Waals surface area contributed by atoms with Gasteiger partial charge in [-0.2, -0.15) is 5.10 Å². The molecule has 0 spiro atoms. The molecular weight excluding hydrogens is 462 g/mol. The summed E-state index contributed by atoms with van der Waals surface area (Å²) in [7, 11) is 3.72. The van der Waals surface area contributed by atoms with Gasteiger partial charge in [0.1, 0.15) is 5.69 Å². The standard InChI is InChI=1S/C29H25N7O/c1-36(2)17-28(37)32-21-12-20(15-31-16-21)19-6-7-26-24(13-19)29(35-34-26)27-14-23-22(4-3-5-25(23)33-27)18-8-10-30-11-9-18/h3-16,33H,17H2,1-2H3,(H,32,37)(H,34,35). The normalized spacial score (nSPS) is 11.4. The van der Waals surface area contributed by atoms with Crippen LogP contribution in [0.4, 0.5) is 5.69 Å². The number of nitrogens with zero attached hydrogens (tertiary/aromatic N) is 4. The molecule has 6 rings (SSSR count). The predicted molar refractivity (Wildman–Crippen MR) is 147 cm³/mol. The fraction of sp³-hybridized carbons (Fsp3) is 0.103. The summed E-state index contributed by atoms with van der Waals surface area (Å²) in [5.74, 6) is -0.0820. The van der Waals surface area contributed by atoms with Crippen molar-refractivity contribution in [2.75, 3.05) is 26.0 Å². The largest absolute Gasteiger partial charge is 0.353 e. The van der Waals surface area contributed by atoms with Crippen molar-refractivity contribution in [3.63, 3.8) is 0 Å². The van der Waals surface area contributed by atoms with Crippen molar-refractivity contribution >= 4 is 33.4 Å². The average molecular weight is 488 g/mol. The highest BCUT2D eigenvalue weighted by Gasteiger charge is 2.15. The van der Waals surface area contributed by atoms with Crippen molar-refractivity contribution in [1.29, 1.82) is 0 Å². The van der Waals surface area contributed by atoms with Crippen LogP contribution < -0.4 is 5.32 Å². The predicted octanol–water partition coefficient (Wildman–Crippen LogP) is 5.34. The minimum Gasteiger partial charge on any atom is -0.353 e. The lowest BCUT2D eigenvalue weighted by atomic mass is 10.0. The fourth-order valence-corrected chi connectivity index (χ4v) is 4.62. The Morgan fingerprint density at radius 3 is 2.57 bits per heavy atom. The molecule has 6 aromatic rings. The van der Waals surface area contributed by atoms with Crippen LogP contribution in [-0.2, 0) is 4.79 Å². The number of pyridine rings is 2.